The van der Waals surface area contributed by atoms with Crippen LogP contribution >= 0.6 is 0 Å². The molecule has 2 aromatic rings. The molecule has 1 aliphatic heterocycles. The molecule has 2 aromatic heterocycles. The monoisotopic (exact) mass is 373 g/mol. The molecule has 1 saturated heterocycles. The molecule has 7 heteroatoms. The quantitative estimate of drug-likeness (QED) is 0.492. The van der Waals surface area contributed by atoms with E-state index >= 15 is 0 Å². The molecule has 0 radical (unpaired) electrons. The number of esters is 1. The van der Waals surface area contributed by atoms with E-state index in [-0.39, 0.29) is 12.2 Å². The van der Waals surface area contributed by atoms with E-state index < -0.39 is 0 Å². The summed E-state index contributed by atoms with van der Waals surface area (Å²) in [6.45, 7) is 3.57. The summed E-state index contributed by atoms with van der Waals surface area (Å²) in [4.78, 5) is 15.8. The number of carbonyl (C=O) groups is 1. The van der Waals surface area contributed by atoms with Crippen molar-refractivity contribution >= 4 is 5.97 Å². The Morgan fingerprint density at radius 3 is 2.96 bits per heavy atom. The summed E-state index contributed by atoms with van der Waals surface area (Å²) in [7, 11) is 0. The number of hydrogen-bond donors (Lipinski definition) is 0. The highest BCUT2D eigenvalue weighted by atomic mass is 16.5. The van der Waals surface area contributed by atoms with E-state index in [9.17, 15) is 4.79 Å². The lowest BCUT2D eigenvalue weighted by atomic mass is 10.2. The van der Waals surface area contributed by atoms with Gasteiger partial charge >= 0.3 is 5.97 Å². The number of rotatable bonds is 9. The summed E-state index contributed by atoms with van der Waals surface area (Å²) in [6, 6.07) is 5.80. The molecule has 0 amide bonds. The third kappa shape index (κ3) is 5.53. The Labute approximate surface area is 159 Å². The molecule has 1 atom stereocenters. The fourth-order valence-corrected chi connectivity index (χ4v) is 3.07. The van der Waals surface area contributed by atoms with Crippen LogP contribution in [-0.2, 0) is 14.3 Å². The van der Waals surface area contributed by atoms with E-state index in [0.717, 1.165) is 55.8 Å². The van der Waals surface area contributed by atoms with E-state index in [2.05, 4.69) is 10.1 Å². The zero-order valence-corrected chi connectivity index (χ0v) is 15.8. The molecule has 0 spiro atoms. The first-order chi connectivity index (χ1) is 13.3. The van der Waals surface area contributed by atoms with Crippen LogP contribution in [0, 0.1) is 0 Å². The lowest BCUT2D eigenvalue weighted by Gasteiger charge is -2.24. The van der Waals surface area contributed by atoms with Crippen molar-refractivity contribution in [2.24, 2.45) is 0 Å². The molecule has 0 bridgehead atoms. The minimum absolute atomic E-state index is 0.0131. The van der Waals surface area contributed by atoms with Crippen molar-refractivity contribution in [1.82, 2.24) is 14.8 Å². The number of carbonyl (C=O) groups excluding carboxylic acids is 1. The molecular weight excluding hydrogens is 346 g/mol. The molecule has 0 saturated carbocycles. The fourth-order valence-electron chi connectivity index (χ4n) is 3.07. The normalized spacial score (nSPS) is 16.9. The molecule has 0 aromatic carbocycles. The van der Waals surface area contributed by atoms with Gasteiger partial charge in [-0.1, -0.05) is 0 Å². The minimum atomic E-state index is -0.151. The van der Waals surface area contributed by atoms with Gasteiger partial charge in [0.2, 0.25) is 0 Å². The van der Waals surface area contributed by atoms with Crippen molar-refractivity contribution in [3.8, 4) is 17.1 Å². The molecule has 1 aliphatic rings. The average Bonchev–Trinajstić information content (AvgIpc) is 3.19. The highest BCUT2D eigenvalue weighted by Gasteiger charge is 2.19. The average molecular weight is 373 g/mol. The van der Waals surface area contributed by atoms with Crippen LogP contribution in [0.25, 0.3) is 11.4 Å². The van der Waals surface area contributed by atoms with Crippen LogP contribution in [0.2, 0.25) is 0 Å². The zero-order valence-electron chi connectivity index (χ0n) is 15.8. The fraction of sp³-hybridized carbons (Fsp3) is 0.550. The number of aromatic nitrogens is 3. The summed E-state index contributed by atoms with van der Waals surface area (Å²) in [5, 5.41) is 4.42. The lowest BCUT2D eigenvalue weighted by Crippen LogP contribution is -2.20. The number of ether oxygens (including phenoxy) is 3. The van der Waals surface area contributed by atoms with Crippen LogP contribution in [0.15, 0.2) is 30.6 Å². The zero-order chi connectivity index (χ0) is 18.9. The van der Waals surface area contributed by atoms with Gasteiger partial charge in [-0.05, 0) is 57.2 Å². The number of pyridine rings is 1. The van der Waals surface area contributed by atoms with Crippen LogP contribution in [0.1, 0.15) is 51.7 Å². The second-order valence-electron chi connectivity index (χ2n) is 6.47. The van der Waals surface area contributed by atoms with Crippen LogP contribution in [0.3, 0.4) is 0 Å². The van der Waals surface area contributed by atoms with E-state index in [0.29, 0.717) is 19.6 Å². The Bertz CT molecular complexity index is 708. The molecule has 3 heterocycles. The summed E-state index contributed by atoms with van der Waals surface area (Å²) in [5.41, 5.74) is 1.79. The second kappa shape index (κ2) is 10.1. The first-order valence-electron chi connectivity index (χ1n) is 9.68. The maximum atomic E-state index is 11.3. The van der Waals surface area contributed by atoms with E-state index in [1.54, 1.807) is 12.4 Å². The van der Waals surface area contributed by atoms with Crippen molar-refractivity contribution in [2.75, 3.05) is 19.8 Å². The minimum Gasteiger partial charge on any atom is -0.492 e. The molecule has 0 aliphatic carbocycles. The summed E-state index contributed by atoms with van der Waals surface area (Å²) in [6.07, 6.45) is 8.71. The van der Waals surface area contributed by atoms with Gasteiger partial charge in [-0.2, -0.15) is 5.10 Å². The number of nitrogens with zero attached hydrogens (tertiary/aromatic N) is 3. The maximum absolute atomic E-state index is 11.3. The van der Waals surface area contributed by atoms with Crippen LogP contribution in [-0.4, -0.2) is 40.6 Å². The molecule has 7 nitrogen and oxygen atoms in total. The Kier molecular flexibility index (Phi) is 7.21. The molecular formula is C20H27N3O4. The van der Waals surface area contributed by atoms with E-state index in [1.807, 2.05) is 29.8 Å². The maximum Gasteiger partial charge on any atom is 0.305 e. The molecule has 3 rings (SSSR count). The van der Waals surface area contributed by atoms with Crippen molar-refractivity contribution < 1.29 is 19.0 Å². The third-order valence-corrected chi connectivity index (χ3v) is 4.45. The predicted octanol–water partition coefficient (Wildman–Crippen LogP) is 3.76. The van der Waals surface area contributed by atoms with Crippen LogP contribution in [0.4, 0.5) is 0 Å². The van der Waals surface area contributed by atoms with Gasteiger partial charge in [-0.15, -0.1) is 0 Å². The van der Waals surface area contributed by atoms with E-state index in [4.69, 9.17) is 14.2 Å². The van der Waals surface area contributed by atoms with Crippen molar-refractivity contribution in [1.29, 1.82) is 0 Å². The largest absolute Gasteiger partial charge is 0.492 e. The molecule has 1 unspecified atom stereocenters. The van der Waals surface area contributed by atoms with Gasteiger partial charge in [-0.3, -0.25) is 9.78 Å². The Morgan fingerprint density at radius 2 is 2.22 bits per heavy atom. The highest BCUT2D eigenvalue weighted by molar-refractivity contribution is 5.69. The van der Waals surface area contributed by atoms with Gasteiger partial charge in [0.25, 0.3) is 0 Å². The van der Waals surface area contributed by atoms with Crippen LogP contribution in [0.5, 0.6) is 5.75 Å². The van der Waals surface area contributed by atoms with Crippen LogP contribution < -0.4 is 4.74 Å². The molecule has 0 N–H and O–H groups in total. The van der Waals surface area contributed by atoms with Gasteiger partial charge in [0.05, 0.1) is 30.8 Å². The molecule has 1 fully saturated rings. The molecule has 146 valence electrons. The SMILES string of the molecule is CCOC(=O)CCCCOc1ccc(-c2ccnn2C2CCCCO2)nc1. The second-order valence-corrected chi connectivity index (χ2v) is 6.47. The molecule has 27 heavy (non-hydrogen) atoms. The van der Waals surface area contributed by atoms with Gasteiger partial charge < -0.3 is 14.2 Å². The smallest absolute Gasteiger partial charge is 0.305 e. The van der Waals surface area contributed by atoms with Crippen molar-refractivity contribution in [3.63, 3.8) is 0 Å². The first kappa shape index (κ1) is 19.4. The third-order valence-electron chi connectivity index (χ3n) is 4.45. The summed E-state index contributed by atoms with van der Waals surface area (Å²) >= 11 is 0. The summed E-state index contributed by atoms with van der Waals surface area (Å²) in [5.74, 6) is 0.567. The predicted molar refractivity (Wildman–Crippen MR) is 100 cm³/mol. The standard InChI is InChI=1S/C20H27N3O4/c1-2-25-20(24)8-4-6-13-26-16-9-10-17(21-15-16)18-11-12-22-23(18)19-7-3-5-14-27-19/h9-12,15,19H,2-8,13-14H2,1H3. The lowest BCUT2D eigenvalue weighted by molar-refractivity contribution is -0.143. The van der Waals surface area contributed by atoms with Crippen molar-refractivity contribution in [3.05, 3.63) is 30.6 Å². The summed E-state index contributed by atoms with van der Waals surface area (Å²) < 4.78 is 18.4. The van der Waals surface area contributed by atoms with Crippen molar-refractivity contribution in [2.45, 2.75) is 51.7 Å². The van der Waals surface area contributed by atoms with Gasteiger partial charge in [0.15, 0.2) is 6.23 Å². The number of unbranched alkanes of at least 4 members (excludes halogenated alkanes) is 1. The van der Waals surface area contributed by atoms with Gasteiger partial charge in [-0.25, -0.2) is 4.68 Å². The first-order valence-corrected chi connectivity index (χ1v) is 9.68. The van der Waals surface area contributed by atoms with E-state index in [1.165, 1.54) is 0 Å². The Morgan fingerprint density at radius 1 is 1.30 bits per heavy atom. The number of hydrogen-bond acceptors (Lipinski definition) is 6. The Hall–Kier alpha value is -2.41. The topological polar surface area (TPSA) is 75.5 Å². The van der Waals surface area contributed by atoms with Gasteiger partial charge in [0.1, 0.15) is 5.75 Å². The Balaban J connectivity index is 1.49. The highest BCUT2D eigenvalue weighted by Crippen LogP contribution is 2.27. The van der Waals surface area contributed by atoms with Gasteiger partial charge in [0, 0.05) is 19.2 Å².